The van der Waals surface area contributed by atoms with Crippen molar-refractivity contribution in [2.45, 2.75) is 0 Å². The summed E-state index contributed by atoms with van der Waals surface area (Å²) in [5, 5.41) is 11.0. The molecule has 1 aromatic heterocycles. The Bertz CT molecular complexity index is 1350. The molecule has 0 bridgehead atoms. The number of methoxy groups -OCH3 is 3. The summed E-state index contributed by atoms with van der Waals surface area (Å²) in [5.41, 5.74) is 3.33. The SMILES string of the molecule is COc1cc(OC)c(OC)cc1/C=C/c1nc2ccccc2c(-c2ccccc2)c1C(=O)O. The number of benzene rings is 3. The van der Waals surface area contributed by atoms with Gasteiger partial charge in [-0.05, 0) is 29.8 Å². The minimum atomic E-state index is -1.05. The number of carboxylic acids is 1. The fourth-order valence-corrected chi connectivity index (χ4v) is 3.82. The van der Waals surface area contributed by atoms with E-state index >= 15 is 0 Å². The zero-order chi connectivity index (χ0) is 23.4. The maximum absolute atomic E-state index is 12.4. The summed E-state index contributed by atoms with van der Waals surface area (Å²) in [6, 6.07) is 20.5. The lowest BCUT2D eigenvalue weighted by molar-refractivity contribution is 0.0697. The predicted molar refractivity (Wildman–Crippen MR) is 129 cm³/mol. The zero-order valence-corrected chi connectivity index (χ0v) is 18.5. The van der Waals surface area contributed by atoms with Crippen molar-refractivity contribution in [1.82, 2.24) is 4.98 Å². The molecule has 1 heterocycles. The first-order valence-electron chi connectivity index (χ1n) is 10.3. The number of hydrogen-bond donors (Lipinski definition) is 1. The average molecular weight is 441 g/mol. The van der Waals surface area contributed by atoms with Crippen molar-refractivity contribution in [3.05, 3.63) is 83.6 Å². The summed E-state index contributed by atoms with van der Waals surface area (Å²) in [4.78, 5) is 17.1. The predicted octanol–water partition coefficient (Wildman–Crippen LogP) is 5.80. The van der Waals surface area contributed by atoms with E-state index in [1.165, 1.54) is 0 Å². The van der Waals surface area contributed by atoms with E-state index in [9.17, 15) is 9.90 Å². The number of hydrogen-bond acceptors (Lipinski definition) is 5. The standard InChI is InChI=1S/C27H23NO5/c1-31-22-16-24(33-3)23(32-2)15-18(22)13-14-21-26(27(29)30)25(17-9-5-4-6-10-17)19-11-7-8-12-20(19)28-21/h4-16H,1-3H3,(H,29,30)/b14-13+. The van der Waals surface area contributed by atoms with Crippen LogP contribution in [0, 0.1) is 0 Å². The van der Waals surface area contributed by atoms with Crippen LogP contribution in [0.4, 0.5) is 0 Å². The Kier molecular flexibility index (Phi) is 6.26. The van der Waals surface area contributed by atoms with Gasteiger partial charge in [0.2, 0.25) is 0 Å². The summed E-state index contributed by atoms with van der Waals surface area (Å²) >= 11 is 0. The third-order valence-electron chi connectivity index (χ3n) is 5.35. The number of pyridine rings is 1. The van der Waals surface area contributed by atoms with E-state index in [1.54, 1.807) is 45.6 Å². The van der Waals surface area contributed by atoms with Crippen LogP contribution in [0.3, 0.4) is 0 Å². The lowest BCUT2D eigenvalue weighted by atomic mass is 9.93. The highest BCUT2D eigenvalue weighted by molar-refractivity contribution is 6.09. The van der Waals surface area contributed by atoms with Gasteiger partial charge in [0.05, 0.1) is 38.1 Å². The molecular weight excluding hydrogens is 418 g/mol. The van der Waals surface area contributed by atoms with Gasteiger partial charge in [0.15, 0.2) is 11.5 Å². The second kappa shape index (κ2) is 9.44. The largest absolute Gasteiger partial charge is 0.496 e. The van der Waals surface area contributed by atoms with Crippen LogP contribution in [0.1, 0.15) is 21.6 Å². The van der Waals surface area contributed by atoms with Gasteiger partial charge in [0, 0.05) is 22.6 Å². The van der Waals surface area contributed by atoms with E-state index < -0.39 is 5.97 Å². The zero-order valence-electron chi connectivity index (χ0n) is 18.5. The fraction of sp³-hybridized carbons (Fsp3) is 0.111. The third kappa shape index (κ3) is 4.23. The van der Waals surface area contributed by atoms with Crippen LogP contribution in [-0.4, -0.2) is 37.4 Å². The van der Waals surface area contributed by atoms with Gasteiger partial charge in [-0.1, -0.05) is 48.5 Å². The van der Waals surface area contributed by atoms with Crippen molar-refractivity contribution >= 4 is 29.0 Å². The number of aromatic nitrogens is 1. The molecule has 0 fully saturated rings. The summed E-state index contributed by atoms with van der Waals surface area (Å²) in [5.74, 6) is 0.580. The quantitative estimate of drug-likeness (QED) is 0.391. The molecule has 0 aliphatic rings. The number of para-hydroxylation sites is 1. The van der Waals surface area contributed by atoms with E-state index in [2.05, 4.69) is 4.98 Å². The van der Waals surface area contributed by atoms with Crippen LogP contribution in [0.2, 0.25) is 0 Å². The Labute approximate surface area is 191 Å². The topological polar surface area (TPSA) is 77.9 Å². The number of rotatable bonds is 7. The normalized spacial score (nSPS) is 11.0. The smallest absolute Gasteiger partial charge is 0.338 e. The van der Waals surface area contributed by atoms with Gasteiger partial charge in [-0.3, -0.25) is 0 Å². The molecule has 0 spiro atoms. The van der Waals surface area contributed by atoms with E-state index in [0.717, 1.165) is 10.9 Å². The Morgan fingerprint density at radius 3 is 2.12 bits per heavy atom. The molecular formula is C27H23NO5. The third-order valence-corrected chi connectivity index (χ3v) is 5.35. The molecule has 6 heteroatoms. The molecule has 0 unspecified atom stereocenters. The van der Waals surface area contributed by atoms with Crippen molar-refractivity contribution < 1.29 is 24.1 Å². The van der Waals surface area contributed by atoms with E-state index in [-0.39, 0.29) is 5.56 Å². The molecule has 4 rings (SSSR count). The summed E-state index contributed by atoms with van der Waals surface area (Å²) in [7, 11) is 4.66. The minimum Gasteiger partial charge on any atom is -0.496 e. The van der Waals surface area contributed by atoms with Gasteiger partial charge >= 0.3 is 5.97 Å². The lowest BCUT2D eigenvalue weighted by Crippen LogP contribution is -2.06. The second-order valence-corrected chi connectivity index (χ2v) is 7.22. The molecule has 33 heavy (non-hydrogen) atoms. The summed E-state index contributed by atoms with van der Waals surface area (Å²) < 4.78 is 16.2. The van der Waals surface area contributed by atoms with E-state index in [0.29, 0.717) is 39.6 Å². The first-order valence-corrected chi connectivity index (χ1v) is 10.3. The maximum Gasteiger partial charge on any atom is 0.338 e. The highest BCUT2D eigenvalue weighted by atomic mass is 16.5. The second-order valence-electron chi connectivity index (χ2n) is 7.22. The van der Waals surface area contributed by atoms with Crippen LogP contribution in [-0.2, 0) is 0 Å². The van der Waals surface area contributed by atoms with Crippen LogP contribution in [0.25, 0.3) is 34.2 Å². The van der Waals surface area contributed by atoms with Gasteiger partial charge in [0.1, 0.15) is 5.75 Å². The molecule has 0 aliphatic carbocycles. The molecule has 1 N–H and O–H groups in total. The number of aromatic carboxylic acids is 1. The first kappa shape index (κ1) is 21.9. The Balaban J connectivity index is 1.95. The van der Waals surface area contributed by atoms with Crippen molar-refractivity contribution in [1.29, 1.82) is 0 Å². The van der Waals surface area contributed by atoms with Gasteiger partial charge in [-0.25, -0.2) is 9.78 Å². The van der Waals surface area contributed by atoms with Crippen molar-refractivity contribution in [2.75, 3.05) is 21.3 Å². The Hall–Kier alpha value is -4.32. The molecule has 0 aliphatic heterocycles. The maximum atomic E-state index is 12.4. The molecule has 166 valence electrons. The number of nitrogens with zero attached hydrogens (tertiary/aromatic N) is 1. The Morgan fingerprint density at radius 2 is 1.45 bits per heavy atom. The monoisotopic (exact) mass is 441 g/mol. The van der Waals surface area contributed by atoms with Crippen molar-refractivity contribution in [3.8, 4) is 28.4 Å². The van der Waals surface area contributed by atoms with Crippen molar-refractivity contribution in [3.63, 3.8) is 0 Å². The molecule has 0 saturated carbocycles. The van der Waals surface area contributed by atoms with Gasteiger partial charge in [-0.15, -0.1) is 0 Å². The van der Waals surface area contributed by atoms with Gasteiger partial charge in [0.25, 0.3) is 0 Å². The molecule has 4 aromatic rings. The molecule has 0 radical (unpaired) electrons. The number of carbonyl (C=O) groups is 1. The van der Waals surface area contributed by atoms with Crippen LogP contribution >= 0.6 is 0 Å². The van der Waals surface area contributed by atoms with Crippen LogP contribution in [0.5, 0.6) is 17.2 Å². The molecule has 0 atom stereocenters. The Morgan fingerprint density at radius 1 is 0.818 bits per heavy atom. The highest BCUT2D eigenvalue weighted by Crippen LogP contribution is 2.37. The van der Waals surface area contributed by atoms with E-state index in [4.69, 9.17) is 14.2 Å². The number of fused-ring (bicyclic) bond motifs is 1. The molecule has 3 aromatic carbocycles. The van der Waals surface area contributed by atoms with Crippen LogP contribution < -0.4 is 14.2 Å². The van der Waals surface area contributed by atoms with E-state index in [1.807, 2.05) is 54.6 Å². The summed E-state index contributed by atoms with van der Waals surface area (Å²) in [6.07, 6.45) is 3.45. The molecule has 0 saturated heterocycles. The molecule has 0 amide bonds. The number of ether oxygens (including phenoxy) is 3. The fourth-order valence-electron chi connectivity index (χ4n) is 3.82. The minimum absolute atomic E-state index is 0.135. The van der Waals surface area contributed by atoms with Crippen molar-refractivity contribution in [2.24, 2.45) is 0 Å². The van der Waals surface area contributed by atoms with Gasteiger partial charge in [-0.2, -0.15) is 0 Å². The lowest BCUT2D eigenvalue weighted by Gasteiger charge is -2.14. The van der Waals surface area contributed by atoms with Crippen LogP contribution in [0.15, 0.2) is 66.7 Å². The highest BCUT2D eigenvalue weighted by Gasteiger charge is 2.21. The first-order chi connectivity index (χ1) is 16.1. The van der Waals surface area contributed by atoms with Gasteiger partial charge < -0.3 is 19.3 Å². The average Bonchev–Trinajstić information content (AvgIpc) is 2.86. The summed E-state index contributed by atoms with van der Waals surface area (Å²) in [6.45, 7) is 0. The molecule has 6 nitrogen and oxygen atoms in total. The number of carboxylic acid groups (broad SMARTS) is 1.